The number of hydrogen-bond acceptors (Lipinski definition) is 4. The Morgan fingerprint density at radius 1 is 1.29 bits per heavy atom. The Bertz CT molecular complexity index is 669. The van der Waals surface area contributed by atoms with Gasteiger partial charge in [-0.1, -0.05) is 6.07 Å². The molecule has 24 heavy (non-hydrogen) atoms. The second-order valence-electron chi connectivity index (χ2n) is 6.13. The third kappa shape index (κ3) is 4.20. The third-order valence-electron chi connectivity index (χ3n) is 4.45. The first kappa shape index (κ1) is 17.1. The summed E-state index contributed by atoms with van der Waals surface area (Å²) in [4.78, 5) is 17.0. The van der Waals surface area contributed by atoms with Crippen LogP contribution in [0.3, 0.4) is 0 Å². The van der Waals surface area contributed by atoms with E-state index >= 15 is 0 Å². The summed E-state index contributed by atoms with van der Waals surface area (Å²) in [6.45, 7) is 4.53. The molecule has 1 aliphatic rings. The van der Waals surface area contributed by atoms with Gasteiger partial charge < -0.3 is 10.2 Å². The van der Waals surface area contributed by atoms with Gasteiger partial charge >= 0.3 is 0 Å². The summed E-state index contributed by atoms with van der Waals surface area (Å²) in [5.74, 6) is -0.625. The van der Waals surface area contributed by atoms with Gasteiger partial charge in [0.25, 0.3) is 5.91 Å². The molecule has 1 fully saturated rings. The summed E-state index contributed by atoms with van der Waals surface area (Å²) < 4.78 is 13.3. The normalized spacial score (nSPS) is 17.6. The summed E-state index contributed by atoms with van der Waals surface area (Å²) in [5.41, 5.74) is 1.58. The van der Waals surface area contributed by atoms with Gasteiger partial charge in [0.15, 0.2) is 0 Å². The van der Waals surface area contributed by atoms with Gasteiger partial charge in [0.1, 0.15) is 5.82 Å². The molecule has 2 aromatic rings. The number of halogens is 1. The van der Waals surface area contributed by atoms with Crippen molar-refractivity contribution >= 4 is 17.2 Å². The molecule has 1 aromatic carbocycles. The number of piperazine rings is 1. The van der Waals surface area contributed by atoms with Crippen LogP contribution >= 0.6 is 11.3 Å². The maximum atomic E-state index is 13.3. The highest BCUT2D eigenvalue weighted by Crippen LogP contribution is 2.23. The molecule has 0 spiro atoms. The summed E-state index contributed by atoms with van der Waals surface area (Å²) in [6, 6.07) is 8.07. The van der Waals surface area contributed by atoms with Crippen molar-refractivity contribution in [1.82, 2.24) is 15.1 Å². The van der Waals surface area contributed by atoms with Crippen LogP contribution in [-0.4, -0.2) is 55.5 Å². The number of carbonyl (C=O) groups excluding carboxylic acids is 1. The zero-order valence-electron chi connectivity index (χ0n) is 13.7. The number of nitrogens with one attached hydrogen (secondary N) is 1. The zero-order chi connectivity index (χ0) is 16.9. The van der Waals surface area contributed by atoms with Crippen LogP contribution in [0.2, 0.25) is 0 Å². The van der Waals surface area contributed by atoms with E-state index in [1.165, 1.54) is 17.7 Å². The first-order valence-electron chi connectivity index (χ1n) is 8.12. The highest BCUT2D eigenvalue weighted by atomic mass is 32.1. The Balaban J connectivity index is 1.67. The first-order chi connectivity index (χ1) is 11.6. The standard InChI is InChI=1S/C18H22FN3OS/c1-21-6-8-22(9-7-21)17(15-5-10-24-13-15)12-20-18(23)14-3-2-4-16(19)11-14/h2-5,10-11,13,17H,6-9,12H2,1H3,(H,20,23)/t17-/m1/s1. The van der Waals surface area contributed by atoms with Crippen molar-refractivity contribution < 1.29 is 9.18 Å². The summed E-state index contributed by atoms with van der Waals surface area (Å²) >= 11 is 1.67. The summed E-state index contributed by atoms with van der Waals surface area (Å²) in [6.07, 6.45) is 0. The zero-order valence-corrected chi connectivity index (χ0v) is 14.6. The van der Waals surface area contributed by atoms with Gasteiger partial charge in [-0.3, -0.25) is 9.69 Å². The Hall–Kier alpha value is -1.76. The van der Waals surface area contributed by atoms with E-state index in [1.54, 1.807) is 23.5 Å². The average Bonchev–Trinajstić information content (AvgIpc) is 3.11. The van der Waals surface area contributed by atoms with Crippen molar-refractivity contribution in [2.75, 3.05) is 39.8 Å². The maximum absolute atomic E-state index is 13.3. The van der Waals surface area contributed by atoms with E-state index < -0.39 is 5.82 Å². The van der Waals surface area contributed by atoms with Crippen molar-refractivity contribution in [1.29, 1.82) is 0 Å². The molecule has 0 saturated carbocycles. The highest BCUT2D eigenvalue weighted by molar-refractivity contribution is 7.07. The minimum Gasteiger partial charge on any atom is -0.350 e. The summed E-state index contributed by atoms with van der Waals surface area (Å²) in [5, 5.41) is 7.17. The molecule has 128 valence electrons. The van der Waals surface area contributed by atoms with Gasteiger partial charge in [0.2, 0.25) is 0 Å². The quantitative estimate of drug-likeness (QED) is 0.903. The molecule has 0 aliphatic carbocycles. The Morgan fingerprint density at radius 2 is 2.08 bits per heavy atom. The minimum atomic E-state index is -0.392. The van der Waals surface area contributed by atoms with E-state index in [0.717, 1.165) is 26.2 Å². The number of likely N-dealkylation sites (N-methyl/N-ethyl adjacent to an activating group) is 1. The molecule has 0 bridgehead atoms. The molecule has 1 N–H and O–H groups in total. The van der Waals surface area contributed by atoms with Crippen molar-refractivity contribution in [3.63, 3.8) is 0 Å². The van der Waals surface area contributed by atoms with E-state index in [0.29, 0.717) is 12.1 Å². The van der Waals surface area contributed by atoms with Crippen LogP contribution in [0.4, 0.5) is 4.39 Å². The van der Waals surface area contributed by atoms with Crippen LogP contribution in [0.5, 0.6) is 0 Å². The molecule has 2 heterocycles. The number of thiophene rings is 1. The Labute approximate surface area is 145 Å². The predicted octanol–water partition coefficient (Wildman–Crippen LogP) is 2.61. The topological polar surface area (TPSA) is 35.6 Å². The number of rotatable bonds is 5. The van der Waals surface area contributed by atoms with Crippen LogP contribution in [0.15, 0.2) is 41.1 Å². The lowest BCUT2D eigenvalue weighted by atomic mass is 10.1. The third-order valence-corrected chi connectivity index (χ3v) is 5.15. The molecule has 1 saturated heterocycles. The van der Waals surface area contributed by atoms with Gasteiger partial charge in [-0.15, -0.1) is 0 Å². The molecular formula is C18H22FN3OS. The molecule has 0 radical (unpaired) electrons. The number of hydrogen-bond donors (Lipinski definition) is 1. The minimum absolute atomic E-state index is 0.155. The van der Waals surface area contributed by atoms with Crippen molar-refractivity contribution in [2.24, 2.45) is 0 Å². The Kier molecular flexibility index (Phi) is 5.60. The molecular weight excluding hydrogens is 325 g/mol. The number of amides is 1. The fourth-order valence-electron chi connectivity index (χ4n) is 2.98. The predicted molar refractivity (Wildman–Crippen MR) is 94.9 cm³/mol. The lowest BCUT2D eigenvalue weighted by molar-refractivity contribution is 0.0886. The fourth-order valence-corrected chi connectivity index (χ4v) is 3.68. The number of carbonyl (C=O) groups is 1. The largest absolute Gasteiger partial charge is 0.350 e. The van der Waals surface area contributed by atoms with Gasteiger partial charge in [-0.05, 0) is 47.6 Å². The monoisotopic (exact) mass is 347 g/mol. The van der Waals surface area contributed by atoms with Crippen LogP contribution < -0.4 is 5.32 Å². The van der Waals surface area contributed by atoms with Crippen molar-refractivity contribution in [3.8, 4) is 0 Å². The lowest BCUT2D eigenvalue weighted by Gasteiger charge is -2.38. The number of nitrogens with zero attached hydrogens (tertiary/aromatic N) is 2. The molecule has 1 atom stereocenters. The van der Waals surface area contributed by atoms with E-state index in [9.17, 15) is 9.18 Å². The van der Waals surface area contributed by atoms with E-state index in [-0.39, 0.29) is 11.9 Å². The van der Waals surface area contributed by atoms with Gasteiger partial charge in [0, 0.05) is 38.3 Å². The smallest absolute Gasteiger partial charge is 0.251 e. The van der Waals surface area contributed by atoms with Gasteiger partial charge in [0.05, 0.1) is 6.04 Å². The number of benzene rings is 1. The molecule has 3 rings (SSSR count). The average molecular weight is 347 g/mol. The SMILES string of the molecule is CN1CCN([C@H](CNC(=O)c2cccc(F)c2)c2ccsc2)CC1. The first-order valence-corrected chi connectivity index (χ1v) is 9.06. The van der Waals surface area contributed by atoms with Gasteiger partial charge in [-0.25, -0.2) is 4.39 Å². The van der Waals surface area contributed by atoms with Crippen LogP contribution in [0.25, 0.3) is 0 Å². The van der Waals surface area contributed by atoms with E-state index in [4.69, 9.17) is 0 Å². The van der Waals surface area contributed by atoms with E-state index in [1.807, 2.05) is 0 Å². The van der Waals surface area contributed by atoms with Crippen LogP contribution in [-0.2, 0) is 0 Å². The molecule has 1 aliphatic heterocycles. The second-order valence-corrected chi connectivity index (χ2v) is 6.91. The van der Waals surface area contributed by atoms with Crippen LogP contribution in [0, 0.1) is 5.82 Å². The Morgan fingerprint density at radius 3 is 2.75 bits per heavy atom. The molecule has 4 nitrogen and oxygen atoms in total. The molecule has 6 heteroatoms. The summed E-state index contributed by atoms with van der Waals surface area (Å²) in [7, 11) is 2.13. The maximum Gasteiger partial charge on any atom is 0.251 e. The van der Waals surface area contributed by atoms with Crippen LogP contribution in [0.1, 0.15) is 22.0 Å². The van der Waals surface area contributed by atoms with E-state index in [2.05, 4.69) is 39.0 Å². The van der Waals surface area contributed by atoms with Gasteiger partial charge in [-0.2, -0.15) is 11.3 Å². The molecule has 1 aromatic heterocycles. The second kappa shape index (κ2) is 7.88. The highest BCUT2D eigenvalue weighted by Gasteiger charge is 2.24. The molecule has 0 unspecified atom stereocenters. The van der Waals surface area contributed by atoms with Crippen molar-refractivity contribution in [2.45, 2.75) is 6.04 Å². The fraction of sp³-hybridized carbons (Fsp3) is 0.389. The molecule has 1 amide bonds. The van der Waals surface area contributed by atoms with Crippen molar-refractivity contribution in [3.05, 3.63) is 58.0 Å². The lowest BCUT2D eigenvalue weighted by Crippen LogP contribution is -2.48.